The number of aromatic nitrogens is 1. The number of anilines is 1. The maximum absolute atomic E-state index is 10.6. The van der Waals surface area contributed by atoms with Crippen molar-refractivity contribution in [3.8, 4) is 6.07 Å². The van der Waals surface area contributed by atoms with Crippen molar-refractivity contribution in [1.29, 1.82) is 5.26 Å². The van der Waals surface area contributed by atoms with Crippen molar-refractivity contribution in [3.05, 3.63) is 70.6 Å². The molecule has 0 spiro atoms. The largest absolute Gasteiger partial charge is 0.383 e. The lowest BCUT2D eigenvalue weighted by Gasteiger charge is -2.43. The number of rotatable bonds is 4. The quantitative estimate of drug-likeness (QED) is 0.819. The van der Waals surface area contributed by atoms with E-state index in [0.717, 1.165) is 16.9 Å². The Bertz CT molecular complexity index is 916. The van der Waals surface area contributed by atoms with E-state index in [2.05, 4.69) is 16.1 Å². The molecule has 0 amide bonds. The molecule has 0 bridgehead atoms. The second kappa shape index (κ2) is 6.86. The van der Waals surface area contributed by atoms with Gasteiger partial charge in [0.05, 0.1) is 43.1 Å². The zero-order valence-corrected chi connectivity index (χ0v) is 15.6. The van der Waals surface area contributed by atoms with E-state index in [0.29, 0.717) is 30.5 Å². The summed E-state index contributed by atoms with van der Waals surface area (Å²) < 4.78 is 5.18. The van der Waals surface area contributed by atoms with Crippen LogP contribution in [0.2, 0.25) is 5.15 Å². The summed E-state index contributed by atoms with van der Waals surface area (Å²) in [7, 11) is 0. The van der Waals surface area contributed by atoms with Crippen LogP contribution >= 0.6 is 11.6 Å². The molecule has 1 saturated heterocycles. The lowest BCUT2D eigenvalue weighted by atomic mass is 10.0. The van der Waals surface area contributed by atoms with Gasteiger partial charge in [-0.05, 0) is 48.9 Å². The molecule has 0 radical (unpaired) electrons. The summed E-state index contributed by atoms with van der Waals surface area (Å²) in [6.07, 6.45) is 4.00. The fraction of sp³-hybridized carbons (Fsp3) is 0.300. The van der Waals surface area contributed by atoms with Crippen molar-refractivity contribution < 1.29 is 9.84 Å². The lowest BCUT2D eigenvalue weighted by Crippen LogP contribution is -2.58. The number of pyridine rings is 1. The van der Waals surface area contributed by atoms with Gasteiger partial charge >= 0.3 is 0 Å². The van der Waals surface area contributed by atoms with Crippen molar-refractivity contribution in [2.45, 2.75) is 18.6 Å². The number of halogens is 1. The predicted molar refractivity (Wildman–Crippen MR) is 102 cm³/mol. The normalized spacial score (nSPS) is 20.4. The summed E-state index contributed by atoms with van der Waals surface area (Å²) in [4.78, 5) is 4.24. The average molecular weight is 383 g/mol. The Hall–Kier alpha value is -2.59. The molecule has 2 aliphatic rings. The molecule has 1 aromatic heterocycles. The standard InChI is InChI=1S/C20H19ClN4O2/c1-14-7-16(9-19(21)23-14)18-5-6-24(11-20(26)12-27-13-20)25(18)17-4-2-3-15(8-17)10-22/h2-9,18,26H,11-13H2,1H3. The van der Waals surface area contributed by atoms with Crippen molar-refractivity contribution in [3.63, 3.8) is 0 Å². The van der Waals surface area contributed by atoms with Gasteiger partial charge in [-0.3, -0.25) is 10.0 Å². The van der Waals surface area contributed by atoms with Crippen LogP contribution in [0.15, 0.2) is 48.7 Å². The van der Waals surface area contributed by atoms with Crippen LogP contribution in [0.25, 0.3) is 0 Å². The smallest absolute Gasteiger partial charge is 0.130 e. The van der Waals surface area contributed by atoms with Crippen molar-refractivity contribution in [2.24, 2.45) is 0 Å². The third-order valence-corrected chi connectivity index (χ3v) is 4.90. The van der Waals surface area contributed by atoms with E-state index in [1.807, 2.05) is 54.5 Å². The van der Waals surface area contributed by atoms with Gasteiger partial charge in [-0.1, -0.05) is 17.7 Å². The maximum atomic E-state index is 10.6. The number of aryl methyl sites for hydroxylation is 1. The molecule has 6 nitrogen and oxygen atoms in total. The Kier molecular flexibility index (Phi) is 4.52. The molecule has 0 aliphatic carbocycles. The highest BCUT2D eigenvalue weighted by Gasteiger charge is 2.41. The molecule has 138 valence electrons. The summed E-state index contributed by atoms with van der Waals surface area (Å²) >= 11 is 6.18. The number of nitriles is 1. The van der Waals surface area contributed by atoms with E-state index in [1.165, 1.54) is 0 Å². The minimum Gasteiger partial charge on any atom is -0.383 e. The van der Waals surface area contributed by atoms with Crippen LogP contribution in [-0.4, -0.2) is 40.5 Å². The number of hydrazine groups is 1. The van der Waals surface area contributed by atoms with Gasteiger partial charge in [0.25, 0.3) is 0 Å². The molecular formula is C20H19ClN4O2. The van der Waals surface area contributed by atoms with Crippen molar-refractivity contribution >= 4 is 17.3 Å². The first-order valence-corrected chi connectivity index (χ1v) is 9.04. The Morgan fingerprint density at radius 1 is 1.37 bits per heavy atom. The molecule has 1 atom stereocenters. The minimum absolute atomic E-state index is 0.122. The van der Waals surface area contributed by atoms with Gasteiger partial charge in [-0.15, -0.1) is 0 Å². The van der Waals surface area contributed by atoms with E-state index in [-0.39, 0.29) is 6.04 Å². The first-order chi connectivity index (χ1) is 13.0. The van der Waals surface area contributed by atoms with Crippen LogP contribution in [0.3, 0.4) is 0 Å². The van der Waals surface area contributed by atoms with Gasteiger partial charge in [0, 0.05) is 11.9 Å². The molecule has 4 rings (SSSR count). The zero-order chi connectivity index (χ0) is 19.0. The summed E-state index contributed by atoms with van der Waals surface area (Å²) in [6, 6.07) is 13.3. The third-order valence-electron chi connectivity index (χ3n) is 4.70. The Labute approximate surface area is 162 Å². The number of β-amino-alcohol motifs (C(OH)–C–C–N with tert-alkyl or cyclic N) is 1. The number of nitrogens with zero attached hydrogens (tertiary/aromatic N) is 4. The van der Waals surface area contributed by atoms with E-state index < -0.39 is 5.60 Å². The molecule has 3 heterocycles. The Balaban J connectivity index is 1.73. The molecule has 1 fully saturated rings. The van der Waals surface area contributed by atoms with Crippen molar-refractivity contribution in [2.75, 3.05) is 24.8 Å². The molecule has 0 saturated carbocycles. The number of hydrogen-bond acceptors (Lipinski definition) is 6. The average Bonchev–Trinajstić information content (AvgIpc) is 3.03. The van der Waals surface area contributed by atoms with Gasteiger partial charge in [0.1, 0.15) is 10.8 Å². The summed E-state index contributed by atoms with van der Waals surface area (Å²) in [6.45, 7) is 2.93. The minimum atomic E-state index is -0.879. The van der Waals surface area contributed by atoms with Gasteiger partial charge in [0.15, 0.2) is 0 Å². The number of hydrogen-bond donors (Lipinski definition) is 1. The van der Waals surface area contributed by atoms with Gasteiger partial charge in [0.2, 0.25) is 0 Å². The second-order valence-corrected chi connectivity index (χ2v) is 7.36. The molecule has 1 N–H and O–H groups in total. The van der Waals surface area contributed by atoms with Crippen LogP contribution < -0.4 is 5.01 Å². The number of aliphatic hydroxyl groups is 1. The van der Waals surface area contributed by atoms with Crippen LogP contribution in [0.5, 0.6) is 0 Å². The topological polar surface area (TPSA) is 72.6 Å². The number of ether oxygens (including phenoxy) is 1. The molecule has 7 heteroatoms. The zero-order valence-electron chi connectivity index (χ0n) is 14.8. The van der Waals surface area contributed by atoms with Crippen molar-refractivity contribution in [1.82, 2.24) is 9.99 Å². The Morgan fingerprint density at radius 2 is 2.19 bits per heavy atom. The lowest BCUT2D eigenvalue weighted by molar-refractivity contribution is -0.184. The fourth-order valence-corrected chi connectivity index (χ4v) is 3.72. The first kappa shape index (κ1) is 17.8. The highest BCUT2D eigenvalue weighted by Crippen LogP contribution is 2.37. The van der Waals surface area contributed by atoms with E-state index in [1.54, 1.807) is 6.07 Å². The summed E-state index contributed by atoms with van der Waals surface area (Å²) in [5, 5.41) is 24.3. The van der Waals surface area contributed by atoms with Crippen LogP contribution in [-0.2, 0) is 4.74 Å². The van der Waals surface area contributed by atoms with Crippen LogP contribution in [0, 0.1) is 18.3 Å². The molecule has 2 aliphatic heterocycles. The van der Waals surface area contributed by atoms with E-state index in [9.17, 15) is 10.4 Å². The summed E-state index contributed by atoms with van der Waals surface area (Å²) in [5.74, 6) is 0. The molecular weight excluding hydrogens is 364 g/mol. The molecule has 2 aromatic rings. The third kappa shape index (κ3) is 3.50. The maximum Gasteiger partial charge on any atom is 0.130 e. The molecule has 27 heavy (non-hydrogen) atoms. The highest BCUT2D eigenvalue weighted by molar-refractivity contribution is 6.29. The van der Waals surface area contributed by atoms with Crippen LogP contribution in [0.1, 0.15) is 22.9 Å². The fourth-order valence-electron chi connectivity index (χ4n) is 3.46. The monoisotopic (exact) mass is 382 g/mol. The van der Waals surface area contributed by atoms with Gasteiger partial charge < -0.3 is 9.84 Å². The van der Waals surface area contributed by atoms with Crippen LogP contribution in [0.4, 0.5) is 5.69 Å². The summed E-state index contributed by atoms with van der Waals surface area (Å²) in [5.41, 5.74) is 2.38. The Morgan fingerprint density at radius 3 is 2.85 bits per heavy atom. The second-order valence-electron chi connectivity index (χ2n) is 6.97. The van der Waals surface area contributed by atoms with Gasteiger partial charge in [-0.25, -0.2) is 4.98 Å². The van der Waals surface area contributed by atoms with E-state index in [4.69, 9.17) is 16.3 Å². The molecule has 1 unspecified atom stereocenters. The number of benzene rings is 1. The van der Waals surface area contributed by atoms with Gasteiger partial charge in [-0.2, -0.15) is 5.26 Å². The predicted octanol–water partition coefficient (Wildman–Crippen LogP) is 2.97. The highest BCUT2D eigenvalue weighted by atomic mass is 35.5. The first-order valence-electron chi connectivity index (χ1n) is 8.66. The molecule has 1 aromatic carbocycles. The SMILES string of the molecule is Cc1cc(C2C=CN(CC3(O)COC3)N2c2cccc(C#N)c2)cc(Cl)n1. The van der Waals surface area contributed by atoms with E-state index >= 15 is 0 Å².